The maximum atomic E-state index is 12.9. The van der Waals surface area contributed by atoms with E-state index < -0.39 is 18.3 Å². The van der Waals surface area contributed by atoms with Crippen molar-refractivity contribution in [3.05, 3.63) is 45.4 Å². The van der Waals surface area contributed by atoms with Gasteiger partial charge in [-0.1, -0.05) is 6.07 Å². The third kappa shape index (κ3) is 3.49. The summed E-state index contributed by atoms with van der Waals surface area (Å²) >= 11 is 1.33. The predicted molar refractivity (Wildman–Crippen MR) is 68.5 cm³/mol. The molecular formula is C13H12F3NO2S. The minimum Gasteiger partial charge on any atom is -0.486 e. The van der Waals surface area contributed by atoms with Gasteiger partial charge in [0.2, 0.25) is 0 Å². The number of halogens is 3. The molecule has 0 aliphatic rings. The Kier molecular flexibility index (Phi) is 4.29. The predicted octanol–water partition coefficient (Wildman–Crippen LogP) is 3.54. The molecule has 0 fully saturated rings. The molecule has 0 aliphatic carbocycles. The maximum Gasteiger partial charge on any atom is 0.419 e. The van der Waals surface area contributed by atoms with Crippen LogP contribution in [0.3, 0.4) is 0 Å². The van der Waals surface area contributed by atoms with Gasteiger partial charge in [0, 0.05) is 11.1 Å². The second-order valence-electron chi connectivity index (χ2n) is 4.16. The number of alkyl halides is 3. The molecule has 0 spiro atoms. The highest BCUT2D eigenvalue weighted by molar-refractivity contribution is 7.09. The van der Waals surface area contributed by atoms with Gasteiger partial charge in [-0.25, -0.2) is 4.98 Å². The summed E-state index contributed by atoms with van der Waals surface area (Å²) in [5.74, 6) is -0.262. The lowest BCUT2D eigenvalue weighted by Crippen LogP contribution is -2.09. The standard InChI is InChI=1S/C13H12F3NO2S/c1-8-7-20-12(17-8)6-19-11-3-2-9(5-18)4-10(11)13(14,15)16/h2-4,7,18H,5-6H2,1H3. The molecule has 7 heteroatoms. The minimum absolute atomic E-state index is 0.0138. The highest BCUT2D eigenvalue weighted by Gasteiger charge is 2.34. The van der Waals surface area contributed by atoms with E-state index in [9.17, 15) is 13.2 Å². The molecule has 1 aromatic heterocycles. The molecule has 1 N–H and O–H groups in total. The average molecular weight is 303 g/mol. The molecule has 2 aromatic rings. The fourth-order valence-corrected chi connectivity index (χ4v) is 2.31. The smallest absolute Gasteiger partial charge is 0.419 e. The largest absolute Gasteiger partial charge is 0.486 e. The van der Waals surface area contributed by atoms with Gasteiger partial charge < -0.3 is 9.84 Å². The zero-order valence-corrected chi connectivity index (χ0v) is 11.4. The van der Waals surface area contributed by atoms with Crippen molar-refractivity contribution < 1.29 is 23.0 Å². The number of thiazole rings is 1. The number of ether oxygens (including phenoxy) is 1. The van der Waals surface area contributed by atoms with E-state index in [4.69, 9.17) is 9.84 Å². The fraction of sp³-hybridized carbons (Fsp3) is 0.308. The molecule has 108 valence electrons. The number of aryl methyl sites for hydroxylation is 1. The normalized spacial score (nSPS) is 11.7. The summed E-state index contributed by atoms with van der Waals surface area (Å²) in [6.07, 6.45) is -4.53. The van der Waals surface area contributed by atoms with Gasteiger partial charge in [-0.05, 0) is 24.6 Å². The van der Waals surface area contributed by atoms with Crippen LogP contribution in [0.2, 0.25) is 0 Å². The Labute approximate surface area is 117 Å². The zero-order chi connectivity index (χ0) is 14.8. The topological polar surface area (TPSA) is 42.4 Å². The van der Waals surface area contributed by atoms with Crippen LogP contribution in [0.15, 0.2) is 23.6 Å². The summed E-state index contributed by atoms with van der Waals surface area (Å²) < 4.78 is 44.0. The SMILES string of the molecule is Cc1csc(COc2ccc(CO)cc2C(F)(F)F)n1. The molecule has 2 rings (SSSR count). The van der Waals surface area contributed by atoms with Crippen LogP contribution in [-0.2, 0) is 19.4 Å². The molecule has 0 unspecified atom stereocenters. The molecular weight excluding hydrogens is 291 g/mol. The second kappa shape index (κ2) is 5.80. The van der Waals surface area contributed by atoms with Gasteiger partial charge in [0.05, 0.1) is 12.2 Å². The monoisotopic (exact) mass is 303 g/mol. The van der Waals surface area contributed by atoms with Crippen LogP contribution in [0.5, 0.6) is 5.75 Å². The van der Waals surface area contributed by atoms with Crippen molar-refractivity contribution in [3.63, 3.8) is 0 Å². The van der Waals surface area contributed by atoms with Crippen molar-refractivity contribution in [3.8, 4) is 5.75 Å². The second-order valence-corrected chi connectivity index (χ2v) is 5.10. The van der Waals surface area contributed by atoms with Crippen molar-refractivity contribution in [1.82, 2.24) is 4.98 Å². The van der Waals surface area contributed by atoms with E-state index in [0.29, 0.717) is 5.01 Å². The number of aliphatic hydroxyl groups is 1. The molecule has 1 heterocycles. The van der Waals surface area contributed by atoms with Crippen LogP contribution in [0, 0.1) is 6.92 Å². The minimum atomic E-state index is -4.53. The fourth-order valence-electron chi connectivity index (χ4n) is 1.63. The van der Waals surface area contributed by atoms with Crippen LogP contribution in [0.1, 0.15) is 21.8 Å². The summed E-state index contributed by atoms with van der Waals surface area (Å²) in [6, 6.07) is 3.51. The first-order valence-electron chi connectivity index (χ1n) is 5.75. The number of aromatic nitrogens is 1. The number of benzene rings is 1. The molecule has 0 aliphatic heterocycles. The Morgan fingerprint density at radius 2 is 2.10 bits per heavy atom. The lowest BCUT2D eigenvalue weighted by atomic mass is 10.1. The molecule has 0 amide bonds. The lowest BCUT2D eigenvalue weighted by Gasteiger charge is -2.14. The Morgan fingerprint density at radius 1 is 1.35 bits per heavy atom. The summed E-state index contributed by atoms with van der Waals surface area (Å²) in [6.45, 7) is 1.34. The summed E-state index contributed by atoms with van der Waals surface area (Å²) in [5.41, 5.74) is 0.104. The van der Waals surface area contributed by atoms with Gasteiger partial charge in [0.1, 0.15) is 17.4 Å². The Balaban J connectivity index is 2.22. The van der Waals surface area contributed by atoms with Crippen LogP contribution in [-0.4, -0.2) is 10.1 Å². The zero-order valence-electron chi connectivity index (χ0n) is 10.6. The van der Waals surface area contributed by atoms with E-state index in [2.05, 4.69) is 4.98 Å². The first-order valence-corrected chi connectivity index (χ1v) is 6.63. The van der Waals surface area contributed by atoms with Crippen molar-refractivity contribution in [1.29, 1.82) is 0 Å². The van der Waals surface area contributed by atoms with Gasteiger partial charge in [-0.15, -0.1) is 11.3 Å². The molecule has 0 atom stereocenters. The van der Waals surface area contributed by atoms with Gasteiger partial charge >= 0.3 is 6.18 Å². The average Bonchev–Trinajstić information content (AvgIpc) is 2.81. The molecule has 0 saturated carbocycles. The van der Waals surface area contributed by atoms with Crippen LogP contribution < -0.4 is 4.74 Å². The quantitative estimate of drug-likeness (QED) is 0.939. The van der Waals surface area contributed by atoms with Gasteiger partial charge in [0.15, 0.2) is 0 Å². The molecule has 3 nitrogen and oxygen atoms in total. The molecule has 0 radical (unpaired) electrons. The first kappa shape index (κ1) is 14.8. The number of nitrogens with zero attached hydrogens (tertiary/aromatic N) is 1. The highest BCUT2D eigenvalue weighted by Crippen LogP contribution is 2.37. The number of hydrogen-bond donors (Lipinski definition) is 1. The van der Waals surface area contributed by atoms with Crippen LogP contribution in [0.4, 0.5) is 13.2 Å². The van der Waals surface area contributed by atoms with Crippen LogP contribution in [0.25, 0.3) is 0 Å². The first-order chi connectivity index (χ1) is 9.40. The summed E-state index contributed by atoms with van der Waals surface area (Å²) in [7, 11) is 0. The van der Waals surface area contributed by atoms with Crippen LogP contribution >= 0.6 is 11.3 Å². The van der Waals surface area contributed by atoms with E-state index in [1.807, 2.05) is 0 Å². The van der Waals surface area contributed by atoms with Gasteiger partial charge in [-0.2, -0.15) is 13.2 Å². The van der Waals surface area contributed by atoms with Crippen molar-refractivity contribution in [2.24, 2.45) is 0 Å². The number of hydrogen-bond acceptors (Lipinski definition) is 4. The maximum absolute atomic E-state index is 12.9. The van der Waals surface area contributed by atoms with Crippen molar-refractivity contribution in [2.45, 2.75) is 26.3 Å². The lowest BCUT2D eigenvalue weighted by molar-refractivity contribution is -0.139. The number of aliphatic hydroxyl groups excluding tert-OH is 1. The Bertz CT molecular complexity index is 596. The Hall–Kier alpha value is -1.60. The van der Waals surface area contributed by atoms with Crippen molar-refractivity contribution in [2.75, 3.05) is 0 Å². The van der Waals surface area contributed by atoms with E-state index in [1.54, 1.807) is 12.3 Å². The third-order valence-corrected chi connectivity index (χ3v) is 3.49. The van der Waals surface area contributed by atoms with Crippen molar-refractivity contribution >= 4 is 11.3 Å². The molecule has 0 saturated heterocycles. The van der Waals surface area contributed by atoms with Gasteiger partial charge in [0.25, 0.3) is 0 Å². The van der Waals surface area contributed by atoms with E-state index >= 15 is 0 Å². The summed E-state index contributed by atoms with van der Waals surface area (Å²) in [4.78, 5) is 4.12. The molecule has 20 heavy (non-hydrogen) atoms. The van der Waals surface area contributed by atoms with E-state index in [-0.39, 0.29) is 17.9 Å². The summed E-state index contributed by atoms with van der Waals surface area (Å²) in [5, 5.41) is 11.3. The number of rotatable bonds is 4. The highest BCUT2D eigenvalue weighted by atomic mass is 32.1. The molecule has 0 bridgehead atoms. The van der Waals surface area contributed by atoms with E-state index in [1.165, 1.54) is 23.5 Å². The molecule has 1 aromatic carbocycles. The Morgan fingerprint density at radius 3 is 2.65 bits per heavy atom. The van der Waals surface area contributed by atoms with Gasteiger partial charge in [-0.3, -0.25) is 0 Å². The van der Waals surface area contributed by atoms with E-state index in [0.717, 1.165) is 11.8 Å². The third-order valence-electron chi connectivity index (χ3n) is 2.55.